The first-order valence-electron chi connectivity index (χ1n) is 6.67. The van der Waals surface area contributed by atoms with Gasteiger partial charge >= 0.3 is 5.69 Å². The van der Waals surface area contributed by atoms with E-state index in [0.717, 1.165) is 38.5 Å². The van der Waals surface area contributed by atoms with Crippen LogP contribution in [0.25, 0.3) is 0 Å². The van der Waals surface area contributed by atoms with Crippen LogP contribution >= 0.6 is 0 Å². The van der Waals surface area contributed by atoms with E-state index >= 15 is 0 Å². The topological polar surface area (TPSA) is 58.4 Å². The van der Waals surface area contributed by atoms with Gasteiger partial charge in [-0.1, -0.05) is 0 Å². The summed E-state index contributed by atoms with van der Waals surface area (Å²) in [5, 5.41) is 13.9. The van der Waals surface area contributed by atoms with Gasteiger partial charge in [-0.3, -0.25) is 10.1 Å². The molecular formula is C13H15F2N3O2. The molecule has 1 N–H and O–H groups in total. The van der Waals surface area contributed by atoms with Gasteiger partial charge in [0.05, 0.1) is 4.92 Å². The molecule has 3 fully saturated rings. The molecule has 4 rings (SSSR count). The number of hydrogen-bond acceptors (Lipinski definition) is 4. The van der Waals surface area contributed by atoms with E-state index in [-0.39, 0.29) is 11.7 Å². The van der Waals surface area contributed by atoms with Gasteiger partial charge in [0.15, 0.2) is 0 Å². The van der Waals surface area contributed by atoms with Gasteiger partial charge in [-0.25, -0.2) is 4.39 Å². The highest BCUT2D eigenvalue weighted by Gasteiger charge is 2.35. The molecule has 3 heterocycles. The van der Waals surface area contributed by atoms with E-state index in [0.29, 0.717) is 12.0 Å². The van der Waals surface area contributed by atoms with E-state index in [9.17, 15) is 18.9 Å². The van der Waals surface area contributed by atoms with Gasteiger partial charge in [0, 0.05) is 24.7 Å². The molecule has 3 saturated heterocycles. The lowest BCUT2D eigenvalue weighted by atomic mass is 9.84. The van der Waals surface area contributed by atoms with Crippen molar-refractivity contribution < 1.29 is 13.7 Å². The number of anilines is 1. The third-order valence-corrected chi connectivity index (χ3v) is 4.21. The minimum Gasteiger partial charge on any atom is -0.375 e. The zero-order valence-electron chi connectivity index (χ0n) is 10.8. The summed E-state index contributed by atoms with van der Waals surface area (Å²) in [4.78, 5) is 12.4. The van der Waals surface area contributed by atoms with Crippen LogP contribution in [0.5, 0.6) is 0 Å². The predicted octanol–water partition coefficient (Wildman–Crippen LogP) is 2.38. The number of nitrogens with zero attached hydrogens (tertiary/aromatic N) is 2. The molecule has 3 aliphatic heterocycles. The van der Waals surface area contributed by atoms with Crippen molar-refractivity contribution in [2.24, 2.45) is 5.92 Å². The van der Waals surface area contributed by atoms with Crippen LogP contribution < -0.4 is 5.32 Å². The molecule has 1 aromatic carbocycles. The second kappa shape index (κ2) is 4.97. The molecule has 0 aliphatic carbocycles. The maximum absolute atomic E-state index is 13.6. The third kappa shape index (κ3) is 2.33. The number of halogens is 2. The van der Waals surface area contributed by atoms with Gasteiger partial charge in [-0.05, 0) is 31.8 Å². The summed E-state index contributed by atoms with van der Waals surface area (Å²) >= 11 is 0. The summed E-state index contributed by atoms with van der Waals surface area (Å²) in [6, 6.07) is 1.55. The molecule has 2 bridgehead atoms. The van der Waals surface area contributed by atoms with Crippen molar-refractivity contribution in [3.8, 4) is 0 Å². The van der Waals surface area contributed by atoms with Crippen LogP contribution in [0.1, 0.15) is 12.8 Å². The van der Waals surface area contributed by atoms with Crippen molar-refractivity contribution >= 4 is 11.4 Å². The molecule has 1 unspecified atom stereocenters. The fraction of sp³-hybridized carbons (Fsp3) is 0.538. The number of nitro benzene ring substituents is 1. The minimum atomic E-state index is -1.14. The number of hydrogen-bond donors (Lipinski definition) is 1. The van der Waals surface area contributed by atoms with E-state index in [2.05, 4.69) is 10.2 Å². The van der Waals surface area contributed by atoms with Gasteiger partial charge in [-0.15, -0.1) is 0 Å². The molecule has 7 heteroatoms. The molecule has 108 valence electrons. The lowest BCUT2D eigenvalue weighted by molar-refractivity contribution is -0.386. The number of fused-ring (bicyclic) bond motifs is 3. The maximum atomic E-state index is 13.6. The van der Waals surface area contributed by atoms with Crippen LogP contribution in [0, 0.1) is 27.7 Å². The van der Waals surface area contributed by atoms with Crippen molar-refractivity contribution in [3.05, 3.63) is 33.9 Å². The smallest absolute Gasteiger partial charge is 0.327 e. The highest BCUT2D eigenvalue weighted by molar-refractivity contribution is 5.63. The zero-order chi connectivity index (χ0) is 14.3. The van der Waals surface area contributed by atoms with E-state index < -0.39 is 22.2 Å². The average molecular weight is 283 g/mol. The predicted molar refractivity (Wildman–Crippen MR) is 69.6 cm³/mol. The van der Waals surface area contributed by atoms with Crippen LogP contribution in [-0.4, -0.2) is 35.5 Å². The second-order valence-electron chi connectivity index (χ2n) is 5.43. The Labute approximate surface area is 114 Å². The fourth-order valence-electron chi connectivity index (χ4n) is 3.19. The van der Waals surface area contributed by atoms with Crippen molar-refractivity contribution in [2.45, 2.75) is 18.9 Å². The fourth-order valence-corrected chi connectivity index (χ4v) is 3.19. The molecular weight excluding hydrogens is 268 g/mol. The monoisotopic (exact) mass is 283 g/mol. The zero-order valence-corrected chi connectivity index (χ0v) is 10.8. The van der Waals surface area contributed by atoms with Crippen LogP contribution in [0.3, 0.4) is 0 Å². The van der Waals surface area contributed by atoms with Gasteiger partial charge in [0.25, 0.3) is 0 Å². The molecule has 0 amide bonds. The van der Waals surface area contributed by atoms with E-state index in [1.54, 1.807) is 0 Å². The molecule has 0 spiro atoms. The van der Waals surface area contributed by atoms with Crippen molar-refractivity contribution in [3.63, 3.8) is 0 Å². The quantitative estimate of drug-likeness (QED) is 0.683. The number of piperidine rings is 3. The summed E-state index contributed by atoms with van der Waals surface area (Å²) in [5.74, 6) is -1.54. The van der Waals surface area contributed by atoms with Crippen LogP contribution in [0.15, 0.2) is 12.1 Å². The number of nitrogens with one attached hydrogen (secondary N) is 1. The molecule has 0 aromatic heterocycles. The Morgan fingerprint density at radius 3 is 2.55 bits per heavy atom. The van der Waals surface area contributed by atoms with Gasteiger partial charge in [0.2, 0.25) is 5.82 Å². The molecule has 1 aromatic rings. The summed E-state index contributed by atoms with van der Waals surface area (Å²) in [7, 11) is 0. The maximum Gasteiger partial charge on any atom is 0.327 e. The largest absolute Gasteiger partial charge is 0.375 e. The first-order valence-corrected chi connectivity index (χ1v) is 6.67. The normalized spacial score (nSPS) is 28.4. The summed E-state index contributed by atoms with van der Waals surface area (Å²) < 4.78 is 26.9. The SMILES string of the molecule is O=[N+]([O-])c1c(F)cc(F)cc1NC1CN2CCC1CC2. The van der Waals surface area contributed by atoms with E-state index in [1.165, 1.54) is 0 Å². The Hall–Kier alpha value is -1.76. The van der Waals surface area contributed by atoms with Gasteiger partial charge in [-0.2, -0.15) is 4.39 Å². The molecule has 1 atom stereocenters. The molecule has 20 heavy (non-hydrogen) atoms. The van der Waals surface area contributed by atoms with E-state index in [4.69, 9.17) is 0 Å². The first-order chi connectivity index (χ1) is 9.54. The Morgan fingerprint density at radius 2 is 2.00 bits per heavy atom. The minimum absolute atomic E-state index is 0.0115. The molecule has 0 saturated carbocycles. The third-order valence-electron chi connectivity index (χ3n) is 4.21. The van der Waals surface area contributed by atoms with Crippen LogP contribution in [0.4, 0.5) is 20.2 Å². The van der Waals surface area contributed by atoms with E-state index in [1.807, 2.05) is 0 Å². The van der Waals surface area contributed by atoms with Crippen molar-refractivity contribution in [1.29, 1.82) is 0 Å². The van der Waals surface area contributed by atoms with Crippen LogP contribution in [0.2, 0.25) is 0 Å². The summed E-state index contributed by atoms with van der Waals surface area (Å²) in [5.41, 5.74) is -0.742. The highest BCUT2D eigenvalue weighted by Crippen LogP contribution is 2.34. The Bertz CT molecular complexity index is 545. The van der Waals surface area contributed by atoms with Crippen molar-refractivity contribution in [2.75, 3.05) is 25.0 Å². The van der Waals surface area contributed by atoms with Crippen LogP contribution in [-0.2, 0) is 0 Å². The summed E-state index contributed by atoms with van der Waals surface area (Å²) in [6.45, 7) is 2.82. The standard InChI is InChI=1S/C13H15F2N3O2/c14-9-5-10(15)13(18(19)20)11(6-9)16-12-7-17-3-1-8(12)2-4-17/h5-6,8,12,16H,1-4,7H2. The average Bonchev–Trinajstić information content (AvgIpc) is 2.38. The highest BCUT2D eigenvalue weighted by atomic mass is 19.1. The summed E-state index contributed by atoms with van der Waals surface area (Å²) in [6.07, 6.45) is 2.03. The van der Waals surface area contributed by atoms with Gasteiger partial charge < -0.3 is 10.2 Å². The molecule has 0 radical (unpaired) electrons. The second-order valence-corrected chi connectivity index (χ2v) is 5.43. The Kier molecular flexibility index (Phi) is 3.29. The number of nitro groups is 1. The molecule has 3 aliphatic rings. The first kappa shape index (κ1) is 13.2. The number of benzene rings is 1. The Balaban J connectivity index is 1.88. The lowest BCUT2D eigenvalue weighted by Gasteiger charge is -2.45. The number of rotatable bonds is 3. The Morgan fingerprint density at radius 1 is 1.30 bits per heavy atom. The van der Waals surface area contributed by atoms with Crippen molar-refractivity contribution in [1.82, 2.24) is 4.90 Å². The lowest BCUT2D eigenvalue weighted by Crippen LogP contribution is -2.53. The molecule has 5 nitrogen and oxygen atoms in total. The van der Waals surface area contributed by atoms with Gasteiger partial charge in [0.1, 0.15) is 11.5 Å².